The smallest absolute Gasteiger partial charge is 0.246 e. The van der Waals surface area contributed by atoms with E-state index in [1.54, 1.807) is 0 Å². The van der Waals surface area contributed by atoms with E-state index in [0.717, 1.165) is 0 Å². The largest absolute Gasteiger partial charge is 0.281 e. The van der Waals surface area contributed by atoms with Crippen molar-refractivity contribution >= 4 is 38.9 Å². The molecule has 1 aromatic rings. The van der Waals surface area contributed by atoms with Crippen LogP contribution in [-0.4, -0.2) is 14.2 Å². The standard InChI is InChI=1S/C8H6Cl2N2O2S/c9-6-1-2-8(7(10)5-6)12-15(13,14)4-3-11/h1-2,5,12H,4H2. The molecule has 0 radical (unpaired) electrons. The number of hydrogen-bond acceptors (Lipinski definition) is 3. The number of nitrogens with zero attached hydrogens (tertiary/aromatic N) is 1. The third kappa shape index (κ3) is 3.59. The van der Waals surface area contributed by atoms with Crippen molar-refractivity contribution in [2.45, 2.75) is 0 Å². The Labute approximate surface area is 97.5 Å². The fraction of sp³-hybridized carbons (Fsp3) is 0.125. The molecule has 4 nitrogen and oxygen atoms in total. The summed E-state index contributed by atoms with van der Waals surface area (Å²) in [5.74, 6) is -0.619. The molecular formula is C8H6Cl2N2O2S. The molecule has 0 atom stereocenters. The van der Waals surface area contributed by atoms with Crippen LogP contribution in [0.3, 0.4) is 0 Å². The lowest BCUT2D eigenvalue weighted by Gasteiger charge is -2.06. The number of rotatable bonds is 3. The van der Waals surface area contributed by atoms with Crippen LogP contribution in [0.25, 0.3) is 0 Å². The Morgan fingerprint density at radius 2 is 2.07 bits per heavy atom. The van der Waals surface area contributed by atoms with Crippen LogP contribution in [0.1, 0.15) is 0 Å². The average molecular weight is 265 g/mol. The van der Waals surface area contributed by atoms with Gasteiger partial charge in [-0.05, 0) is 18.2 Å². The van der Waals surface area contributed by atoms with E-state index >= 15 is 0 Å². The summed E-state index contributed by atoms with van der Waals surface area (Å²) in [6.07, 6.45) is 0. The molecule has 1 aromatic carbocycles. The fourth-order valence-corrected chi connectivity index (χ4v) is 2.13. The van der Waals surface area contributed by atoms with Crippen molar-refractivity contribution in [2.24, 2.45) is 0 Å². The van der Waals surface area contributed by atoms with Gasteiger partial charge in [-0.2, -0.15) is 5.26 Å². The molecule has 1 rings (SSSR count). The predicted molar refractivity (Wildman–Crippen MR) is 59.5 cm³/mol. The minimum absolute atomic E-state index is 0.184. The number of sulfonamides is 1. The van der Waals surface area contributed by atoms with Gasteiger partial charge in [0.2, 0.25) is 10.0 Å². The average Bonchev–Trinajstić information content (AvgIpc) is 2.09. The first kappa shape index (κ1) is 12.1. The van der Waals surface area contributed by atoms with Gasteiger partial charge in [0.15, 0.2) is 5.75 Å². The first-order chi connectivity index (χ1) is 6.94. The Balaban J connectivity index is 2.96. The van der Waals surface area contributed by atoms with Gasteiger partial charge in [0.1, 0.15) is 0 Å². The number of benzene rings is 1. The lowest BCUT2D eigenvalue weighted by molar-refractivity contribution is 0.604. The highest BCUT2D eigenvalue weighted by atomic mass is 35.5. The van der Waals surface area contributed by atoms with Crippen molar-refractivity contribution in [1.29, 1.82) is 5.26 Å². The van der Waals surface area contributed by atoms with Crippen molar-refractivity contribution < 1.29 is 8.42 Å². The normalized spacial score (nSPS) is 10.7. The van der Waals surface area contributed by atoms with Crippen molar-refractivity contribution in [2.75, 3.05) is 10.5 Å². The molecule has 0 amide bonds. The molecule has 15 heavy (non-hydrogen) atoms. The zero-order chi connectivity index (χ0) is 11.5. The molecular weight excluding hydrogens is 259 g/mol. The highest BCUT2D eigenvalue weighted by Crippen LogP contribution is 2.26. The molecule has 0 aliphatic carbocycles. The molecule has 0 fully saturated rings. The number of hydrogen-bond donors (Lipinski definition) is 1. The number of halogens is 2. The Morgan fingerprint density at radius 3 is 2.60 bits per heavy atom. The molecule has 0 bridgehead atoms. The molecule has 80 valence electrons. The topological polar surface area (TPSA) is 70.0 Å². The van der Waals surface area contributed by atoms with Gasteiger partial charge < -0.3 is 0 Å². The minimum Gasteiger partial charge on any atom is -0.281 e. The summed E-state index contributed by atoms with van der Waals surface area (Å²) < 4.78 is 24.6. The van der Waals surface area contributed by atoms with E-state index in [0.29, 0.717) is 5.02 Å². The molecule has 0 heterocycles. The van der Waals surface area contributed by atoms with Crippen LogP contribution >= 0.6 is 23.2 Å². The summed E-state index contributed by atoms with van der Waals surface area (Å²) in [6.45, 7) is 0. The van der Waals surface area contributed by atoms with E-state index in [-0.39, 0.29) is 10.7 Å². The SMILES string of the molecule is N#CCS(=O)(=O)Nc1ccc(Cl)cc1Cl. The van der Waals surface area contributed by atoms with Crippen LogP contribution in [0.15, 0.2) is 18.2 Å². The lowest BCUT2D eigenvalue weighted by atomic mass is 10.3. The molecule has 7 heteroatoms. The number of nitriles is 1. The third-order valence-electron chi connectivity index (χ3n) is 1.45. The summed E-state index contributed by atoms with van der Waals surface area (Å²) in [6, 6.07) is 5.88. The van der Waals surface area contributed by atoms with E-state index in [4.69, 9.17) is 28.5 Å². The Bertz CT molecular complexity index is 508. The highest BCUT2D eigenvalue weighted by Gasteiger charge is 2.11. The third-order valence-corrected chi connectivity index (χ3v) is 3.04. The van der Waals surface area contributed by atoms with Gasteiger partial charge in [0.25, 0.3) is 0 Å². The second kappa shape index (κ2) is 4.71. The summed E-state index contributed by atoms with van der Waals surface area (Å²) in [5.41, 5.74) is 0.205. The highest BCUT2D eigenvalue weighted by molar-refractivity contribution is 7.92. The van der Waals surface area contributed by atoms with Crippen LogP contribution in [0.5, 0.6) is 0 Å². The second-order valence-electron chi connectivity index (χ2n) is 2.64. The molecule has 0 aromatic heterocycles. The lowest BCUT2D eigenvalue weighted by Crippen LogP contribution is -2.15. The first-order valence-corrected chi connectivity index (χ1v) is 6.18. The fourth-order valence-electron chi connectivity index (χ4n) is 0.861. The quantitative estimate of drug-likeness (QED) is 0.911. The molecule has 0 saturated carbocycles. The Morgan fingerprint density at radius 1 is 1.40 bits per heavy atom. The van der Waals surface area contributed by atoms with Crippen LogP contribution in [0.2, 0.25) is 10.0 Å². The summed E-state index contributed by atoms with van der Waals surface area (Å²) in [5, 5.41) is 8.86. The Hall–Kier alpha value is -0.960. The van der Waals surface area contributed by atoms with Crippen molar-refractivity contribution in [3.05, 3.63) is 28.2 Å². The number of nitrogens with one attached hydrogen (secondary N) is 1. The van der Waals surface area contributed by atoms with Gasteiger partial charge in [-0.25, -0.2) is 8.42 Å². The molecule has 0 saturated heterocycles. The molecule has 0 unspecified atom stereocenters. The molecule has 0 aliphatic rings. The van der Waals surface area contributed by atoms with Crippen LogP contribution in [0, 0.1) is 11.3 Å². The van der Waals surface area contributed by atoms with Crippen molar-refractivity contribution in [3.8, 4) is 6.07 Å². The van der Waals surface area contributed by atoms with Gasteiger partial charge in [-0.15, -0.1) is 0 Å². The summed E-state index contributed by atoms with van der Waals surface area (Å²) in [4.78, 5) is 0. The van der Waals surface area contributed by atoms with E-state index in [9.17, 15) is 8.42 Å². The van der Waals surface area contributed by atoms with Crippen molar-refractivity contribution in [1.82, 2.24) is 0 Å². The van der Waals surface area contributed by atoms with Gasteiger partial charge in [-0.1, -0.05) is 23.2 Å². The zero-order valence-corrected chi connectivity index (χ0v) is 9.70. The second-order valence-corrected chi connectivity index (χ2v) is 5.21. The van der Waals surface area contributed by atoms with E-state index < -0.39 is 15.8 Å². The summed E-state index contributed by atoms with van der Waals surface area (Å²) >= 11 is 11.4. The van der Waals surface area contributed by atoms with Gasteiger partial charge in [0, 0.05) is 5.02 Å². The molecule has 0 aliphatic heterocycles. The van der Waals surface area contributed by atoms with E-state index in [1.165, 1.54) is 24.3 Å². The van der Waals surface area contributed by atoms with Crippen LogP contribution in [-0.2, 0) is 10.0 Å². The van der Waals surface area contributed by atoms with Gasteiger partial charge in [0.05, 0.1) is 16.8 Å². The maximum Gasteiger partial charge on any atom is 0.246 e. The van der Waals surface area contributed by atoms with Crippen LogP contribution in [0.4, 0.5) is 5.69 Å². The number of anilines is 1. The van der Waals surface area contributed by atoms with Crippen molar-refractivity contribution in [3.63, 3.8) is 0 Å². The Kier molecular flexibility index (Phi) is 3.80. The van der Waals surface area contributed by atoms with Gasteiger partial charge in [-0.3, -0.25) is 4.72 Å². The zero-order valence-electron chi connectivity index (χ0n) is 7.37. The minimum atomic E-state index is -3.66. The van der Waals surface area contributed by atoms with E-state index in [2.05, 4.69) is 4.72 Å². The molecule has 1 N–H and O–H groups in total. The van der Waals surface area contributed by atoms with Gasteiger partial charge >= 0.3 is 0 Å². The maximum atomic E-state index is 11.2. The van der Waals surface area contributed by atoms with Crippen LogP contribution < -0.4 is 4.72 Å². The monoisotopic (exact) mass is 264 g/mol. The molecule has 0 spiro atoms. The maximum absolute atomic E-state index is 11.2. The summed E-state index contributed by atoms with van der Waals surface area (Å²) in [7, 11) is -3.66. The predicted octanol–water partition coefficient (Wildman–Crippen LogP) is 2.26. The van der Waals surface area contributed by atoms with E-state index in [1.807, 2.05) is 0 Å². The first-order valence-electron chi connectivity index (χ1n) is 3.77.